The zero-order valence-corrected chi connectivity index (χ0v) is 17.8. The van der Waals surface area contributed by atoms with Crippen LogP contribution in [0.15, 0.2) is 58.2 Å². The fraction of sp³-hybridized carbons (Fsp3) is 0.238. The summed E-state index contributed by atoms with van der Waals surface area (Å²) >= 11 is 3.29. The minimum Gasteiger partial charge on any atom is -0.503 e. The molecule has 8 heteroatoms. The van der Waals surface area contributed by atoms with Crippen LogP contribution in [0.4, 0.5) is 10.5 Å². The number of nitrogens with one attached hydrogen (secondary N) is 1. The van der Waals surface area contributed by atoms with Gasteiger partial charge in [-0.15, -0.1) is 0 Å². The van der Waals surface area contributed by atoms with Crippen LogP contribution in [-0.4, -0.2) is 30.8 Å². The van der Waals surface area contributed by atoms with Gasteiger partial charge in [-0.25, -0.2) is 9.59 Å². The Balaban J connectivity index is 2.17. The number of rotatable bonds is 5. The lowest BCUT2D eigenvalue weighted by atomic mass is 9.94. The normalized spacial score (nSPS) is 16.5. The van der Waals surface area contributed by atoms with Crippen LogP contribution >= 0.6 is 15.9 Å². The van der Waals surface area contributed by atoms with E-state index in [1.54, 1.807) is 38.1 Å². The van der Waals surface area contributed by atoms with Crippen molar-refractivity contribution < 1.29 is 24.2 Å². The Hall–Kier alpha value is -3.00. The van der Waals surface area contributed by atoms with Crippen LogP contribution in [-0.2, 0) is 9.53 Å². The van der Waals surface area contributed by atoms with E-state index in [1.807, 2.05) is 18.2 Å². The van der Waals surface area contributed by atoms with Gasteiger partial charge in [0.2, 0.25) is 0 Å². The predicted molar refractivity (Wildman–Crippen MR) is 112 cm³/mol. The molecule has 1 aliphatic rings. The van der Waals surface area contributed by atoms with Crippen molar-refractivity contribution in [3.05, 3.63) is 63.8 Å². The number of phenolic OH excluding ortho intramolecular Hbond substituents is 1. The second kappa shape index (κ2) is 8.57. The minimum absolute atomic E-state index is 0.0670. The molecular formula is C21H21BrN2O5. The second-order valence-electron chi connectivity index (χ2n) is 6.33. The number of phenols is 1. The molecule has 1 heterocycles. The summed E-state index contributed by atoms with van der Waals surface area (Å²) in [7, 11) is 1.43. The fourth-order valence-corrected chi connectivity index (χ4v) is 3.73. The number of methoxy groups -OCH3 is 1. The zero-order chi connectivity index (χ0) is 21.1. The van der Waals surface area contributed by atoms with Crippen molar-refractivity contribution in [1.29, 1.82) is 0 Å². The van der Waals surface area contributed by atoms with Crippen molar-refractivity contribution in [2.75, 3.05) is 18.6 Å². The SMILES string of the molecule is CCOC(=O)C1=C(C)N(c2ccccc2)C(=O)N[C@@H]1c1cc(Br)c(O)c(OC)c1. The molecule has 0 aliphatic carbocycles. The number of esters is 1. The van der Waals surface area contributed by atoms with Gasteiger partial charge in [0, 0.05) is 5.70 Å². The Labute approximate surface area is 177 Å². The maximum atomic E-state index is 13.0. The summed E-state index contributed by atoms with van der Waals surface area (Å²) < 4.78 is 10.9. The molecule has 2 amide bonds. The molecule has 0 unspecified atom stereocenters. The molecule has 0 saturated carbocycles. The van der Waals surface area contributed by atoms with Crippen LogP contribution in [0.2, 0.25) is 0 Å². The Morgan fingerprint density at radius 3 is 2.59 bits per heavy atom. The molecule has 29 heavy (non-hydrogen) atoms. The van der Waals surface area contributed by atoms with E-state index in [0.717, 1.165) is 0 Å². The van der Waals surface area contributed by atoms with E-state index < -0.39 is 12.0 Å². The van der Waals surface area contributed by atoms with E-state index in [-0.39, 0.29) is 24.1 Å². The third kappa shape index (κ3) is 3.93. The van der Waals surface area contributed by atoms with Crippen LogP contribution in [0.5, 0.6) is 11.5 Å². The van der Waals surface area contributed by atoms with Gasteiger partial charge in [0.15, 0.2) is 11.5 Å². The maximum absolute atomic E-state index is 13.0. The lowest BCUT2D eigenvalue weighted by Crippen LogP contribution is -2.48. The number of halogens is 1. The minimum atomic E-state index is -0.771. The summed E-state index contributed by atoms with van der Waals surface area (Å²) in [5.41, 5.74) is 1.96. The lowest BCUT2D eigenvalue weighted by molar-refractivity contribution is -0.139. The Morgan fingerprint density at radius 1 is 1.28 bits per heavy atom. The molecule has 3 rings (SSSR count). The van der Waals surface area contributed by atoms with Crippen molar-refractivity contribution in [2.24, 2.45) is 0 Å². The number of nitrogens with zero attached hydrogens (tertiary/aromatic N) is 1. The molecule has 0 aromatic heterocycles. The number of urea groups is 1. The number of hydrogen-bond acceptors (Lipinski definition) is 5. The van der Waals surface area contributed by atoms with E-state index in [1.165, 1.54) is 12.0 Å². The van der Waals surface area contributed by atoms with Gasteiger partial charge in [0.05, 0.1) is 35.5 Å². The van der Waals surface area contributed by atoms with Crippen LogP contribution in [0.25, 0.3) is 0 Å². The smallest absolute Gasteiger partial charge is 0.338 e. The molecule has 1 aliphatic heterocycles. The number of carbonyl (C=O) groups excluding carboxylic acids is 2. The molecule has 2 aromatic rings. The van der Waals surface area contributed by atoms with Crippen molar-refractivity contribution in [2.45, 2.75) is 19.9 Å². The molecule has 0 saturated heterocycles. The van der Waals surface area contributed by atoms with E-state index in [9.17, 15) is 14.7 Å². The van der Waals surface area contributed by atoms with Gasteiger partial charge in [0.25, 0.3) is 0 Å². The van der Waals surface area contributed by atoms with E-state index in [0.29, 0.717) is 27.0 Å². The molecule has 7 nitrogen and oxygen atoms in total. The summed E-state index contributed by atoms with van der Waals surface area (Å²) in [6.07, 6.45) is 0. The standard InChI is InChI=1S/C21H21BrN2O5/c1-4-29-20(26)17-12(2)24(14-8-6-5-7-9-14)21(27)23-18(17)13-10-15(22)19(25)16(11-13)28-3/h5-11,18,25H,4H2,1-3H3,(H,23,27)/t18-/m1/s1. The van der Waals surface area contributed by atoms with Gasteiger partial charge in [-0.05, 0) is 59.6 Å². The first-order valence-corrected chi connectivity index (χ1v) is 9.78. The largest absolute Gasteiger partial charge is 0.503 e. The Morgan fingerprint density at radius 2 is 1.97 bits per heavy atom. The first-order chi connectivity index (χ1) is 13.9. The molecule has 0 radical (unpaired) electrons. The first kappa shape index (κ1) is 20.7. The van der Waals surface area contributed by atoms with Crippen LogP contribution < -0.4 is 15.0 Å². The number of ether oxygens (including phenoxy) is 2. The average molecular weight is 461 g/mol. The highest BCUT2D eigenvalue weighted by Gasteiger charge is 2.37. The zero-order valence-electron chi connectivity index (χ0n) is 16.2. The van der Waals surface area contributed by atoms with Gasteiger partial charge in [-0.1, -0.05) is 18.2 Å². The maximum Gasteiger partial charge on any atom is 0.338 e. The van der Waals surface area contributed by atoms with Crippen molar-refractivity contribution >= 4 is 33.6 Å². The quantitative estimate of drug-likeness (QED) is 0.650. The average Bonchev–Trinajstić information content (AvgIpc) is 2.70. The highest BCUT2D eigenvalue weighted by molar-refractivity contribution is 9.10. The summed E-state index contributed by atoms with van der Waals surface area (Å²) in [6, 6.07) is 11.1. The number of hydrogen-bond donors (Lipinski definition) is 2. The van der Waals surface area contributed by atoms with Gasteiger partial charge < -0.3 is 19.9 Å². The number of para-hydroxylation sites is 1. The molecule has 152 valence electrons. The van der Waals surface area contributed by atoms with Crippen molar-refractivity contribution in [3.63, 3.8) is 0 Å². The highest BCUT2D eigenvalue weighted by atomic mass is 79.9. The van der Waals surface area contributed by atoms with E-state index in [4.69, 9.17) is 9.47 Å². The Kier molecular flexibility index (Phi) is 6.12. The third-order valence-electron chi connectivity index (χ3n) is 4.60. The highest BCUT2D eigenvalue weighted by Crippen LogP contribution is 2.40. The predicted octanol–water partition coefficient (Wildman–Crippen LogP) is 4.27. The van der Waals surface area contributed by atoms with E-state index in [2.05, 4.69) is 21.2 Å². The van der Waals surface area contributed by atoms with Crippen molar-refractivity contribution in [1.82, 2.24) is 5.32 Å². The third-order valence-corrected chi connectivity index (χ3v) is 5.20. The molecule has 0 fully saturated rings. The second-order valence-corrected chi connectivity index (χ2v) is 7.18. The number of allylic oxidation sites excluding steroid dienone is 1. The Bertz CT molecular complexity index is 975. The number of amides is 2. The van der Waals surface area contributed by atoms with E-state index >= 15 is 0 Å². The topological polar surface area (TPSA) is 88.1 Å². The molecular weight excluding hydrogens is 440 g/mol. The van der Waals surface area contributed by atoms with Gasteiger partial charge in [-0.2, -0.15) is 0 Å². The van der Waals surface area contributed by atoms with Crippen molar-refractivity contribution in [3.8, 4) is 11.5 Å². The number of anilines is 1. The van der Waals surface area contributed by atoms with Gasteiger partial charge >= 0.3 is 12.0 Å². The summed E-state index contributed by atoms with van der Waals surface area (Å²) in [4.78, 5) is 27.2. The molecule has 0 spiro atoms. The number of benzene rings is 2. The van der Waals surface area contributed by atoms with Crippen LogP contribution in [0.3, 0.4) is 0 Å². The van der Waals surface area contributed by atoms with Gasteiger partial charge in [-0.3, -0.25) is 4.90 Å². The summed E-state index contributed by atoms with van der Waals surface area (Å²) in [5, 5.41) is 13.0. The molecule has 1 atom stereocenters. The molecule has 0 bridgehead atoms. The summed E-state index contributed by atoms with van der Waals surface area (Å²) in [6.45, 7) is 3.63. The number of carbonyl (C=O) groups is 2. The fourth-order valence-electron chi connectivity index (χ4n) is 3.27. The number of aromatic hydroxyl groups is 1. The lowest BCUT2D eigenvalue weighted by Gasteiger charge is -2.35. The molecule has 2 N–H and O–H groups in total. The first-order valence-electron chi connectivity index (χ1n) is 8.99. The summed E-state index contributed by atoms with van der Waals surface area (Å²) in [5.74, 6) is -0.378. The molecule has 2 aromatic carbocycles. The van der Waals surface area contributed by atoms with Gasteiger partial charge in [0.1, 0.15) is 0 Å². The monoisotopic (exact) mass is 460 g/mol. The van der Waals surface area contributed by atoms with Crippen LogP contribution in [0.1, 0.15) is 25.5 Å². The van der Waals surface area contributed by atoms with Crippen LogP contribution in [0, 0.1) is 0 Å².